The normalized spacial score (nSPS) is 11.0. The third-order valence-electron chi connectivity index (χ3n) is 5.20. The van der Waals surface area contributed by atoms with Crippen molar-refractivity contribution in [2.24, 2.45) is 7.05 Å². The van der Waals surface area contributed by atoms with Crippen molar-refractivity contribution in [2.75, 3.05) is 6.61 Å². The van der Waals surface area contributed by atoms with Crippen LogP contribution in [0.4, 0.5) is 0 Å². The first-order valence-electron chi connectivity index (χ1n) is 10.2. The Labute approximate surface area is 193 Å². The average Bonchev–Trinajstić information content (AvgIpc) is 3.17. The van der Waals surface area contributed by atoms with Crippen LogP contribution in [0.5, 0.6) is 11.8 Å². The molecular formula is C23H20ClN5O4. The molecule has 4 rings (SSSR count). The molecule has 2 heterocycles. The Kier molecular flexibility index (Phi) is 6.31. The summed E-state index contributed by atoms with van der Waals surface area (Å²) in [5.74, 6) is 0.276. The number of aromatic nitrogens is 4. The number of fused-ring (bicyclic) bond motifs is 1. The molecule has 2 aromatic carbocycles. The molecule has 0 radical (unpaired) electrons. The van der Waals surface area contributed by atoms with Gasteiger partial charge in [-0.1, -0.05) is 35.9 Å². The fourth-order valence-corrected chi connectivity index (χ4v) is 3.65. The zero-order chi connectivity index (χ0) is 23.5. The summed E-state index contributed by atoms with van der Waals surface area (Å²) >= 11 is 6.01. The predicted molar refractivity (Wildman–Crippen MR) is 123 cm³/mol. The summed E-state index contributed by atoms with van der Waals surface area (Å²) in [6, 6.07) is 15.9. The van der Waals surface area contributed by atoms with Gasteiger partial charge < -0.3 is 9.84 Å². The van der Waals surface area contributed by atoms with Crippen molar-refractivity contribution in [3.8, 4) is 17.8 Å². The Morgan fingerprint density at radius 2 is 1.85 bits per heavy atom. The molecular weight excluding hydrogens is 446 g/mol. The third kappa shape index (κ3) is 4.26. The van der Waals surface area contributed by atoms with Crippen LogP contribution >= 0.6 is 11.6 Å². The number of aliphatic hydroxyl groups excluding tert-OH is 1. The first-order valence-corrected chi connectivity index (χ1v) is 10.5. The minimum absolute atomic E-state index is 0.0645. The second-order valence-electron chi connectivity index (χ2n) is 7.36. The molecule has 33 heavy (non-hydrogen) atoms. The van der Waals surface area contributed by atoms with Gasteiger partial charge in [-0.25, -0.2) is 4.79 Å². The summed E-state index contributed by atoms with van der Waals surface area (Å²) in [6.45, 7) is 0.125. The van der Waals surface area contributed by atoms with Gasteiger partial charge in [0.1, 0.15) is 11.8 Å². The van der Waals surface area contributed by atoms with E-state index in [1.165, 1.54) is 11.6 Å². The molecule has 0 bridgehead atoms. The van der Waals surface area contributed by atoms with E-state index in [9.17, 15) is 20.0 Å². The lowest BCUT2D eigenvalue weighted by Gasteiger charge is -2.12. The largest absolute Gasteiger partial charge is 0.424 e. The van der Waals surface area contributed by atoms with E-state index in [0.29, 0.717) is 10.6 Å². The third-order valence-corrected chi connectivity index (χ3v) is 5.45. The van der Waals surface area contributed by atoms with Gasteiger partial charge in [0.25, 0.3) is 5.56 Å². The molecule has 2 aromatic heterocycles. The van der Waals surface area contributed by atoms with Crippen LogP contribution in [-0.2, 0) is 20.1 Å². The fraction of sp³-hybridized carbons (Fsp3) is 0.217. The molecule has 0 aliphatic heterocycles. The van der Waals surface area contributed by atoms with Gasteiger partial charge in [0.05, 0.1) is 12.1 Å². The van der Waals surface area contributed by atoms with Crippen molar-refractivity contribution >= 4 is 22.8 Å². The monoisotopic (exact) mass is 465 g/mol. The van der Waals surface area contributed by atoms with Gasteiger partial charge >= 0.3 is 11.7 Å². The Morgan fingerprint density at radius 3 is 2.55 bits per heavy atom. The summed E-state index contributed by atoms with van der Waals surface area (Å²) in [4.78, 5) is 30.6. The number of ether oxygens (including phenoxy) is 1. The number of nitriles is 1. The highest BCUT2D eigenvalue weighted by molar-refractivity contribution is 6.30. The van der Waals surface area contributed by atoms with E-state index in [4.69, 9.17) is 16.3 Å². The maximum Gasteiger partial charge on any atom is 0.332 e. The number of rotatable bonds is 7. The molecule has 0 aliphatic rings. The minimum atomic E-state index is -0.541. The SMILES string of the molecule is Cn1c(=O)n(CCCO)c(=O)c2c1nc(Oc1ccccc1C#N)n2Cc1ccc(Cl)cc1. The summed E-state index contributed by atoms with van der Waals surface area (Å²) in [5, 5.41) is 19.2. The van der Waals surface area contributed by atoms with Crippen molar-refractivity contribution in [1.29, 1.82) is 5.26 Å². The Hall–Kier alpha value is -3.87. The van der Waals surface area contributed by atoms with E-state index in [1.807, 2.05) is 12.1 Å². The van der Waals surface area contributed by atoms with Crippen molar-refractivity contribution in [1.82, 2.24) is 18.7 Å². The number of halogens is 1. The minimum Gasteiger partial charge on any atom is -0.424 e. The first-order chi connectivity index (χ1) is 15.9. The quantitative estimate of drug-likeness (QED) is 0.448. The number of aliphatic hydroxyl groups is 1. The molecule has 0 spiro atoms. The lowest BCUT2D eigenvalue weighted by atomic mass is 10.2. The van der Waals surface area contributed by atoms with Crippen LogP contribution in [0.2, 0.25) is 5.02 Å². The van der Waals surface area contributed by atoms with E-state index < -0.39 is 11.2 Å². The van der Waals surface area contributed by atoms with Crippen LogP contribution in [0.1, 0.15) is 17.5 Å². The molecule has 9 nitrogen and oxygen atoms in total. The molecule has 0 fully saturated rings. The van der Waals surface area contributed by atoms with Crippen LogP contribution in [0.15, 0.2) is 58.1 Å². The van der Waals surface area contributed by atoms with E-state index in [-0.39, 0.29) is 49.0 Å². The molecule has 0 unspecified atom stereocenters. The number of nitrogens with zero attached hydrogens (tertiary/aromatic N) is 5. The van der Waals surface area contributed by atoms with Crippen LogP contribution < -0.4 is 16.0 Å². The molecule has 10 heteroatoms. The van der Waals surface area contributed by atoms with Gasteiger partial charge in [0.2, 0.25) is 0 Å². The zero-order valence-electron chi connectivity index (χ0n) is 17.7. The Bertz CT molecular complexity index is 1480. The molecule has 0 saturated carbocycles. The van der Waals surface area contributed by atoms with Gasteiger partial charge in [-0.05, 0) is 36.2 Å². The highest BCUT2D eigenvalue weighted by atomic mass is 35.5. The smallest absolute Gasteiger partial charge is 0.332 e. The maximum atomic E-state index is 13.3. The zero-order valence-corrected chi connectivity index (χ0v) is 18.5. The van der Waals surface area contributed by atoms with Gasteiger partial charge in [-0.15, -0.1) is 0 Å². The molecule has 0 amide bonds. The van der Waals surface area contributed by atoms with E-state index >= 15 is 0 Å². The lowest BCUT2D eigenvalue weighted by molar-refractivity contribution is 0.277. The second-order valence-corrected chi connectivity index (χ2v) is 7.80. The fourth-order valence-electron chi connectivity index (χ4n) is 3.52. The van der Waals surface area contributed by atoms with Crippen LogP contribution in [0, 0.1) is 11.3 Å². The number of aryl methyl sites for hydroxylation is 1. The van der Waals surface area contributed by atoms with E-state index in [2.05, 4.69) is 11.1 Å². The second kappa shape index (κ2) is 9.32. The Balaban J connectivity index is 1.96. The highest BCUT2D eigenvalue weighted by Gasteiger charge is 2.22. The molecule has 0 aliphatic carbocycles. The number of benzene rings is 2. The topological polar surface area (TPSA) is 115 Å². The lowest BCUT2D eigenvalue weighted by Crippen LogP contribution is -2.39. The summed E-state index contributed by atoms with van der Waals surface area (Å²) in [5.41, 5.74) is 0.384. The molecule has 168 valence electrons. The van der Waals surface area contributed by atoms with E-state index in [0.717, 1.165) is 10.1 Å². The maximum absolute atomic E-state index is 13.3. The van der Waals surface area contributed by atoms with E-state index in [1.54, 1.807) is 41.0 Å². The van der Waals surface area contributed by atoms with Crippen LogP contribution in [-0.4, -0.2) is 30.4 Å². The standard InChI is InChI=1S/C23H20ClN5O4/c1-27-20-19(21(31)28(23(27)32)11-4-12-30)29(14-15-7-9-17(24)10-8-15)22(26-20)33-18-6-3-2-5-16(18)13-25/h2-3,5-10,30H,4,11-12,14H2,1H3. The summed E-state index contributed by atoms with van der Waals surface area (Å²) in [7, 11) is 1.52. The van der Waals surface area contributed by atoms with Gasteiger partial charge in [-0.3, -0.25) is 18.5 Å². The number of hydrogen-bond donors (Lipinski definition) is 1. The van der Waals surface area contributed by atoms with Gasteiger partial charge in [-0.2, -0.15) is 10.2 Å². The van der Waals surface area contributed by atoms with Gasteiger partial charge in [0, 0.05) is 25.2 Å². The molecule has 0 atom stereocenters. The van der Waals surface area contributed by atoms with Crippen molar-refractivity contribution in [3.05, 3.63) is 85.5 Å². The average molecular weight is 466 g/mol. The van der Waals surface area contributed by atoms with Crippen LogP contribution in [0.25, 0.3) is 11.2 Å². The van der Waals surface area contributed by atoms with Gasteiger partial charge in [0.15, 0.2) is 11.2 Å². The summed E-state index contributed by atoms with van der Waals surface area (Å²) < 4.78 is 9.90. The molecule has 4 aromatic rings. The number of para-hydroxylation sites is 1. The first kappa shape index (κ1) is 22.3. The van der Waals surface area contributed by atoms with Crippen molar-refractivity contribution in [3.63, 3.8) is 0 Å². The number of hydrogen-bond acceptors (Lipinski definition) is 6. The number of imidazole rings is 1. The highest BCUT2D eigenvalue weighted by Crippen LogP contribution is 2.27. The van der Waals surface area contributed by atoms with Crippen molar-refractivity contribution < 1.29 is 9.84 Å². The molecule has 0 saturated heterocycles. The van der Waals surface area contributed by atoms with Crippen LogP contribution in [0.3, 0.4) is 0 Å². The predicted octanol–water partition coefficient (Wildman–Crippen LogP) is 2.64. The molecule has 1 N–H and O–H groups in total. The van der Waals surface area contributed by atoms with Crippen molar-refractivity contribution in [2.45, 2.75) is 19.5 Å². The Morgan fingerprint density at radius 1 is 1.12 bits per heavy atom. The summed E-state index contributed by atoms with van der Waals surface area (Å²) in [6.07, 6.45) is 0.255.